The third-order valence-electron chi connectivity index (χ3n) is 3.96. The fourth-order valence-electron chi connectivity index (χ4n) is 2.95. The Bertz CT molecular complexity index is 549. The second-order valence-corrected chi connectivity index (χ2v) is 7.19. The molecule has 0 saturated carbocycles. The van der Waals surface area contributed by atoms with E-state index in [-0.39, 0.29) is 0 Å². The highest BCUT2D eigenvalue weighted by atomic mass is 35.5. The van der Waals surface area contributed by atoms with E-state index in [4.69, 9.17) is 11.6 Å². The molecule has 3 rings (SSSR count). The first-order valence-corrected chi connectivity index (χ1v) is 8.58. The van der Waals surface area contributed by atoms with Gasteiger partial charge < -0.3 is 5.32 Å². The lowest BCUT2D eigenvalue weighted by Gasteiger charge is -2.23. The number of nitrogens with one attached hydrogen (secondary N) is 1. The van der Waals surface area contributed by atoms with Gasteiger partial charge in [-0.3, -0.25) is 0 Å². The van der Waals surface area contributed by atoms with Crippen molar-refractivity contribution in [2.24, 2.45) is 0 Å². The van der Waals surface area contributed by atoms with E-state index in [1.807, 2.05) is 0 Å². The zero-order valence-electron chi connectivity index (χ0n) is 11.6. The van der Waals surface area contributed by atoms with E-state index < -0.39 is 0 Å². The SMILES string of the molecule is Clc1cc2c(s1)CCCC2NCCCc1ccccc1. The number of rotatable bonds is 5. The van der Waals surface area contributed by atoms with Gasteiger partial charge in [0.05, 0.1) is 4.34 Å². The quantitative estimate of drug-likeness (QED) is 0.766. The Kier molecular flexibility index (Phi) is 4.77. The lowest BCUT2D eigenvalue weighted by molar-refractivity contribution is 0.459. The van der Waals surface area contributed by atoms with Crippen LogP contribution in [-0.4, -0.2) is 6.54 Å². The highest BCUT2D eigenvalue weighted by molar-refractivity contribution is 7.16. The minimum Gasteiger partial charge on any atom is -0.310 e. The Balaban J connectivity index is 1.50. The van der Waals surface area contributed by atoms with Crippen molar-refractivity contribution in [2.75, 3.05) is 6.54 Å². The number of thiophene rings is 1. The molecule has 1 N–H and O–H groups in total. The van der Waals surface area contributed by atoms with Gasteiger partial charge in [0.1, 0.15) is 0 Å². The van der Waals surface area contributed by atoms with Gasteiger partial charge in [0.2, 0.25) is 0 Å². The van der Waals surface area contributed by atoms with Crippen LogP contribution in [-0.2, 0) is 12.8 Å². The number of fused-ring (bicyclic) bond motifs is 1. The van der Waals surface area contributed by atoms with Crippen molar-refractivity contribution in [3.8, 4) is 0 Å². The molecule has 20 heavy (non-hydrogen) atoms. The molecule has 0 amide bonds. The van der Waals surface area contributed by atoms with Crippen molar-refractivity contribution in [2.45, 2.75) is 38.1 Å². The summed E-state index contributed by atoms with van der Waals surface area (Å²) in [5.74, 6) is 0. The van der Waals surface area contributed by atoms with Crippen LogP contribution < -0.4 is 5.32 Å². The molecule has 1 aliphatic carbocycles. The maximum Gasteiger partial charge on any atom is 0.0934 e. The summed E-state index contributed by atoms with van der Waals surface area (Å²) >= 11 is 7.90. The third-order valence-corrected chi connectivity index (χ3v) is 5.30. The van der Waals surface area contributed by atoms with Crippen molar-refractivity contribution in [1.82, 2.24) is 5.32 Å². The zero-order valence-corrected chi connectivity index (χ0v) is 13.1. The van der Waals surface area contributed by atoms with Gasteiger partial charge in [-0.25, -0.2) is 0 Å². The number of hydrogen-bond acceptors (Lipinski definition) is 2. The molecule has 1 nitrogen and oxygen atoms in total. The van der Waals surface area contributed by atoms with Gasteiger partial charge >= 0.3 is 0 Å². The van der Waals surface area contributed by atoms with E-state index in [0.717, 1.165) is 17.3 Å². The van der Waals surface area contributed by atoms with Crippen LogP contribution in [0.3, 0.4) is 0 Å². The van der Waals surface area contributed by atoms with Crippen molar-refractivity contribution in [3.05, 3.63) is 56.7 Å². The summed E-state index contributed by atoms with van der Waals surface area (Å²) in [5, 5.41) is 3.71. The highest BCUT2D eigenvalue weighted by Gasteiger charge is 2.21. The topological polar surface area (TPSA) is 12.0 Å². The standard InChI is InChI=1S/C17H20ClNS/c18-17-12-14-15(9-4-10-16(14)20-17)19-11-5-8-13-6-2-1-3-7-13/h1-3,6-7,12,15,19H,4-5,8-11H2. The van der Waals surface area contributed by atoms with Crippen molar-refractivity contribution in [3.63, 3.8) is 0 Å². The predicted octanol–water partition coefficient (Wildman–Crippen LogP) is 5.00. The van der Waals surface area contributed by atoms with E-state index in [1.54, 1.807) is 11.3 Å². The molecule has 1 heterocycles. The van der Waals surface area contributed by atoms with E-state index >= 15 is 0 Å². The predicted molar refractivity (Wildman–Crippen MR) is 87.8 cm³/mol. The number of aryl methyl sites for hydroxylation is 2. The minimum absolute atomic E-state index is 0.512. The third kappa shape index (κ3) is 3.43. The molecule has 0 saturated heterocycles. The summed E-state index contributed by atoms with van der Waals surface area (Å²) < 4.78 is 0.938. The molecule has 1 aromatic heterocycles. The fourth-order valence-corrected chi connectivity index (χ4v) is 4.33. The summed E-state index contributed by atoms with van der Waals surface area (Å²) in [6.45, 7) is 1.08. The molecular formula is C17H20ClNS. The first-order chi connectivity index (χ1) is 9.83. The molecule has 0 aliphatic heterocycles. The van der Waals surface area contributed by atoms with E-state index in [0.29, 0.717) is 6.04 Å². The second kappa shape index (κ2) is 6.75. The average Bonchev–Trinajstić information content (AvgIpc) is 2.86. The highest BCUT2D eigenvalue weighted by Crippen LogP contribution is 2.37. The molecule has 2 aromatic rings. The van der Waals surface area contributed by atoms with Crippen LogP contribution in [0.25, 0.3) is 0 Å². The van der Waals surface area contributed by atoms with Crippen LogP contribution in [0.15, 0.2) is 36.4 Å². The summed E-state index contributed by atoms with van der Waals surface area (Å²) in [6.07, 6.45) is 6.06. The summed E-state index contributed by atoms with van der Waals surface area (Å²) in [5.41, 5.74) is 2.88. The van der Waals surface area contributed by atoms with E-state index in [9.17, 15) is 0 Å². The smallest absolute Gasteiger partial charge is 0.0934 e. The summed E-state index contributed by atoms with van der Waals surface area (Å²) in [7, 11) is 0. The first-order valence-electron chi connectivity index (χ1n) is 7.38. The molecule has 0 spiro atoms. The first kappa shape index (κ1) is 14.1. The van der Waals surface area contributed by atoms with Crippen LogP contribution in [0.1, 0.15) is 41.3 Å². The Hall–Kier alpha value is -0.830. The number of benzene rings is 1. The monoisotopic (exact) mass is 305 g/mol. The van der Waals surface area contributed by atoms with Gasteiger partial charge in [-0.2, -0.15) is 0 Å². The number of hydrogen-bond donors (Lipinski definition) is 1. The molecule has 0 fully saturated rings. The van der Waals surface area contributed by atoms with Crippen LogP contribution >= 0.6 is 22.9 Å². The Morgan fingerprint density at radius 1 is 1.25 bits per heavy atom. The van der Waals surface area contributed by atoms with Gasteiger partial charge in [0.15, 0.2) is 0 Å². The molecule has 1 aliphatic rings. The molecule has 0 bridgehead atoms. The molecule has 1 unspecified atom stereocenters. The van der Waals surface area contributed by atoms with Crippen LogP contribution in [0, 0.1) is 0 Å². The van der Waals surface area contributed by atoms with E-state index in [1.165, 1.54) is 41.7 Å². The summed E-state index contributed by atoms with van der Waals surface area (Å²) in [4.78, 5) is 1.49. The van der Waals surface area contributed by atoms with Gasteiger partial charge in [-0.15, -0.1) is 11.3 Å². The molecule has 106 valence electrons. The van der Waals surface area contributed by atoms with Gasteiger partial charge in [0.25, 0.3) is 0 Å². The number of halogens is 1. The Morgan fingerprint density at radius 2 is 2.10 bits per heavy atom. The maximum atomic E-state index is 6.15. The van der Waals surface area contributed by atoms with E-state index in [2.05, 4.69) is 41.7 Å². The molecule has 3 heteroatoms. The van der Waals surface area contributed by atoms with Crippen LogP contribution in [0.2, 0.25) is 4.34 Å². The Morgan fingerprint density at radius 3 is 2.95 bits per heavy atom. The van der Waals surface area contributed by atoms with Crippen LogP contribution in [0.4, 0.5) is 0 Å². The maximum absolute atomic E-state index is 6.15. The van der Waals surface area contributed by atoms with Crippen molar-refractivity contribution in [1.29, 1.82) is 0 Å². The van der Waals surface area contributed by atoms with Gasteiger partial charge in [-0.1, -0.05) is 41.9 Å². The fraction of sp³-hybridized carbons (Fsp3) is 0.412. The normalized spacial score (nSPS) is 17.9. The lowest BCUT2D eigenvalue weighted by Crippen LogP contribution is -2.25. The minimum atomic E-state index is 0.512. The Labute approximate surface area is 130 Å². The molecule has 0 radical (unpaired) electrons. The molecule has 1 atom stereocenters. The average molecular weight is 306 g/mol. The largest absolute Gasteiger partial charge is 0.310 e. The van der Waals surface area contributed by atoms with Crippen molar-refractivity contribution < 1.29 is 0 Å². The van der Waals surface area contributed by atoms with Gasteiger partial charge in [0, 0.05) is 10.9 Å². The lowest BCUT2D eigenvalue weighted by atomic mass is 9.94. The van der Waals surface area contributed by atoms with Crippen LogP contribution in [0.5, 0.6) is 0 Å². The molecular weight excluding hydrogens is 286 g/mol. The second-order valence-electron chi connectivity index (χ2n) is 5.42. The summed E-state index contributed by atoms with van der Waals surface area (Å²) in [6, 6.07) is 13.4. The molecule has 1 aromatic carbocycles. The van der Waals surface area contributed by atoms with Crippen molar-refractivity contribution >= 4 is 22.9 Å². The zero-order chi connectivity index (χ0) is 13.8. The van der Waals surface area contributed by atoms with Gasteiger partial charge in [-0.05, 0) is 55.8 Å².